The second-order valence-electron chi connectivity index (χ2n) is 7.31. The first kappa shape index (κ1) is 17.9. The molecule has 5 heteroatoms. The molecule has 1 aliphatic carbocycles. The van der Waals surface area contributed by atoms with Crippen LogP contribution in [0, 0.1) is 5.92 Å². The number of aliphatic hydroxyl groups excluding tert-OH is 1. The predicted molar refractivity (Wildman–Crippen MR) is 102 cm³/mol. The molecule has 27 heavy (non-hydrogen) atoms. The molecule has 1 fully saturated rings. The zero-order valence-electron chi connectivity index (χ0n) is 15.3. The fourth-order valence-electron chi connectivity index (χ4n) is 3.80. The molecule has 142 valence electrons. The highest BCUT2D eigenvalue weighted by Gasteiger charge is 2.36. The van der Waals surface area contributed by atoms with E-state index in [4.69, 9.17) is 9.47 Å². The van der Waals surface area contributed by atoms with E-state index >= 15 is 0 Å². The summed E-state index contributed by atoms with van der Waals surface area (Å²) in [6.45, 7) is 1.06. The number of aliphatic hydroxyl groups is 1. The Morgan fingerprint density at radius 3 is 2.81 bits per heavy atom. The normalized spacial score (nSPS) is 21.5. The van der Waals surface area contributed by atoms with Crippen LogP contribution in [0.25, 0.3) is 0 Å². The van der Waals surface area contributed by atoms with Crippen LogP contribution in [0.4, 0.5) is 0 Å². The van der Waals surface area contributed by atoms with Crippen LogP contribution in [-0.2, 0) is 11.2 Å². The molecule has 2 aliphatic rings. The summed E-state index contributed by atoms with van der Waals surface area (Å²) in [5.41, 5.74) is 2.28. The highest BCUT2D eigenvalue weighted by atomic mass is 16.5. The van der Waals surface area contributed by atoms with Crippen LogP contribution >= 0.6 is 0 Å². The summed E-state index contributed by atoms with van der Waals surface area (Å²) in [5.74, 6) is 1.93. The third-order valence-corrected chi connectivity index (χ3v) is 5.35. The fraction of sp³-hybridized carbons (Fsp3) is 0.409. The quantitative estimate of drug-likeness (QED) is 0.789. The van der Waals surface area contributed by atoms with E-state index in [-0.39, 0.29) is 24.0 Å². The van der Waals surface area contributed by atoms with Crippen molar-refractivity contribution in [1.29, 1.82) is 0 Å². The summed E-state index contributed by atoms with van der Waals surface area (Å²) < 4.78 is 11.2. The Morgan fingerprint density at radius 1 is 1.22 bits per heavy atom. The maximum atomic E-state index is 12.5. The van der Waals surface area contributed by atoms with Gasteiger partial charge in [-0.3, -0.25) is 4.79 Å². The Hall–Kier alpha value is -2.53. The average molecular weight is 367 g/mol. The lowest BCUT2D eigenvalue weighted by Crippen LogP contribution is -2.41. The molecule has 1 amide bonds. The molecule has 0 bridgehead atoms. The van der Waals surface area contributed by atoms with Crippen molar-refractivity contribution in [3.05, 3.63) is 59.7 Å². The number of amides is 1. The van der Waals surface area contributed by atoms with Gasteiger partial charge in [0.2, 0.25) is 5.91 Å². The molecule has 4 rings (SSSR count). The maximum Gasteiger partial charge on any atom is 0.223 e. The first-order chi connectivity index (χ1) is 13.2. The van der Waals surface area contributed by atoms with Gasteiger partial charge in [-0.25, -0.2) is 0 Å². The molecular weight excluding hydrogens is 342 g/mol. The molecular formula is C22H25NO4. The van der Waals surface area contributed by atoms with E-state index in [0.717, 1.165) is 42.9 Å². The minimum atomic E-state index is -0.256. The molecule has 0 spiro atoms. The van der Waals surface area contributed by atoms with Gasteiger partial charge in [0, 0.05) is 6.42 Å². The second kappa shape index (κ2) is 8.01. The van der Waals surface area contributed by atoms with Gasteiger partial charge in [0.1, 0.15) is 11.5 Å². The van der Waals surface area contributed by atoms with E-state index in [2.05, 4.69) is 11.4 Å². The summed E-state index contributed by atoms with van der Waals surface area (Å²) in [7, 11) is 0. The van der Waals surface area contributed by atoms with Gasteiger partial charge in [-0.2, -0.15) is 0 Å². The smallest absolute Gasteiger partial charge is 0.223 e. The van der Waals surface area contributed by atoms with Crippen molar-refractivity contribution in [2.24, 2.45) is 5.92 Å². The zero-order valence-corrected chi connectivity index (χ0v) is 15.3. The van der Waals surface area contributed by atoms with Crippen molar-refractivity contribution in [3.8, 4) is 11.5 Å². The van der Waals surface area contributed by atoms with Crippen LogP contribution in [0.3, 0.4) is 0 Å². The molecule has 2 N–H and O–H groups in total. The van der Waals surface area contributed by atoms with Gasteiger partial charge >= 0.3 is 0 Å². The maximum absolute atomic E-state index is 12.5. The summed E-state index contributed by atoms with van der Waals surface area (Å²) in [4.78, 5) is 12.5. The fourth-order valence-corrected chi connectivity index (χ4v) is 3.80. The summed E-state index contributed by atoms with van der Waals surface area (Å²) >= 11 is 0. The summed E-state index contributed by atoms with van der Waals surface area (Å²) in [5, 5.41) is 12.9. The number of nitrogens with one attached hydrogen (secondary N) is 1. The number of benzene rings is 2. The van der Waals surface area contributed by atoms with Gasteiger partial charge in [-0.05, 0) is 54.2 Å². The number of carbonyl (C=O) groups is 1. The van der Waals surface area contributed by atoms with Gasteiger partial charge in [0.05, 0.1) is 31.8 Å². The predicted octanol–water partition coefficient (Wildman–Crippen LogP) is 3.02. The highest BCUT2D eigenvalue weighted by molar-refractivity contribution is 5.76. The minimum absolute atomic E-state index is 0.0333. The largest absolute Gasteiger partial charge is 0.493 e. The Labute approximate surface area is 159 Å². The molecule has 1 unspecified atom stereocenters. The van der Waals surface area contributed by atoms with E-state index in [0.29, 0.717) is 13.0 Å². The third-order valence-electron chi connectivity index (χ3n) is 5.35. The Kier molecular flexibility index (Phi) is 5.30. The molecule has 0 saturated heterocycles. The van der Waals surface area contributed by atoms with Crippen LogP contribution in [0.1, 0.15) is 36.4 Å². The molecule has 0 aromatic heterocycles. The first-order valence-corrected chi connectivity index (χ1v) is 9.60. The number of fused-ring (bicyclic) bond motifs is 1. The van der Waals surface area contributed by atoms with Crippen molar-refractivity contribution in [1.82, 2.24) is 5.32 Å². The topological polar surface area (TPSA) is 67.8 Å². The molecule has 5 nitrogen and oxygen atoms in total. The Bertz CT molecular complexity index is 786. The number of para-hydroxylation sites is 1. The molecule has 1 atom stereocenters. The minimum Gasteiger partial charge on any atom is -0.493 e. The van der Waals surface area contributed by atoms with Crippen LogP contribution < -0.4 is 14.8 Å². The van der Waals surface area contributed by atoms with Crippen LogP contribution in [0.2, 0.25) is 0 Å². The van der Waals surface area contributed by atoms with E-state index in [1.807, 2.05) is 42.5 Å². The lowest BCUT2D eigenvalue weighted by Gasteiger charge is -2.38. The average Bonchev–Trinajstić information content (AvgIpc) is 3.12. The highest BCUT2D eigenvalue weighted by Crippen LogP contribution is 2.39. The van der Waals surface area contributed by atoms with Crippen molar-refractivity contribution < 1.29 is 19.4 Å². The first-order valence-electron chi connectivity index (χ1n) is 9.60. The van der Waals surface area contributed by atoms with Gasteiger partial charge in [0.15, 0.2) is 0 Å². The van der Waals surface area contributed by atoms with Crippen LogP contribution in [0.5, 0.6) is 11.5 Å². The second-order valence-corrected chi connectivity index (χ2v) is 7.31. The molecule has 0 radical (unpaired) electrons. The molecule has 2 aromatic rings. The summed E-state index contributed by atoms with van der Waals surface area (Å²) in [6.07, 6.45) is 2.39. The van der Waals surface area contributed by atoms with Crippen LogP contribution in [0.15, 0.2) is 48.5 Å². The molecule has 1 saturated carbocycles. The van der Waals surface area contributed by atoms with E-state index in [1.54, 1.807) is 0 Å². The number of ether oxygens (including phenoxy) is 2. The Balaban J connectivity index is 1.38. The van der Waals surface area contributed by atoms with Crippen molar-refractivity contribution in [2.45, 2.75) is 37.8 Å². The van der Waals surface area contributed by atoms with Gasteiger partial charge < -0.3 is 19.9 Å². The van der Waals surface area contributed by atoms with Crippen molar-refractivity contribution in [2.75, 3.05) is 13.2 Å². The third kappa shape index (κ3) is 4.25. The number of rotatable bonds is 7. The number of carbonyl (C=O) groups excluding carboxylic acids is 1. The lowest BCUT2D eigenvalue weighted by atomic mass is 9.75. The van der Waals surface area contributed by atoms with E-state index < -0.39 is 0 Å². The van der Waals surface area contributed by atoms with Gasteiger partial charge in [-0.1, -0.05) is 24.3 Å². The van der Waals surface area contributed by atoms with Crippen molar-refractivity contribution >= 4 is 5.91 Å². The van der Waals surface area contributed by atoms with Crippen molar-refractivity contribution in [3.63, 3.8) is 0 Å². The lowest BCUT2D eigenvalue weighted by molar-refractivity contribution is -0.123. The van der Waals surface area contributed by atoms with Crippen LogP contribution in [-0.4, -0.2) is 30.3 Å². The number of hydrogen-bond donors (Lipinski definition) is 2. The summed E-state index contributed by atoms with van der Waals surface area (Å²) in [6, 6.07) is 15.6. The van der Waals surface area contributed by atoms with Gasteiger partial charge in [-0.15, -0.1) is 0 Å². The molecule has 1 heterocycles. The molecule has 1 aliphatic heterocycles. The standard InChI is InChI=1S/C22H25NO4/c24-18-13-17(14-18)22(16-6-7-20-15(12-16)8-10-27-20)23-21(25)9-11-26-19-4-2-1-3-5-19/h1-7,12,17-18,22,24H,8-11,13-14H2,(H,23,25). The molecule has 2 aromatic carbocycles. The van der Waals surface area contributed by atoms with E-state index in [1.165, 1.54) is 5.56 Å². The SMILES string of the molecule is O=C(CCOc1ccccc1)NC(c1ccc2c(c1)CCO2)C1CC(O)C1. The van der Waals surface area contributed by atoms with E-state index in [9.17, 15) is 9.90 Å². The Morgan fingerprint density at radius 2 is 2.04 bits per heavy atom. The number of hydrogen-bond acceptors (Lipinski definition) is 4. The zero-order chi connectivity index (χ0) is 18.6. The van der Waals surface area contributed by atoms with Gasteiger partial charge in [0.25, 0.3) is 0 Å². The monoisotopic (exact) mass is 367 g/mol.